The highest BCUT2D eigenvalue weighted by Crippen LogP contribution is 2.18. The van der Waals surface area contributed by atoms with Crippen LogP contribution in [0.5, 0.6) is 0 Å². The molecule has 0 spiro atoms. The Labute approximate surface area is 111 Å². The van der Waals surface area contributed by atoms with Gasteiger partial charge in [0.05, 0.1) is 24.3 Å². The van der Waals surface area contributed by atoms with Gasteiger partial charge in [0.2, 0.25) is 5.91 Å². The van der Waals surface area contributed by atoms with Crippen molar-refractivity contribution < 1.29 is 4.79 Å². The normalized spacial score (nSPS) is 11.8. The quantitative estimate of drug-likeness (QED) is 0.714. The van der Waals surface area contributed by atoms with Gasteiger partial charge in [-0.15, -0.1) is 6.58 Å². The second-order valence-corrected chi connectivity index (χ2v) is 4.16. The van der Waals surface area contributed by atoms with Crippen LogP contribution in [-0.2, 0) is 4.79 Å². The molecule has 0 aliphatic heterocycles. The number of anilines is 1. The number of hydrogen-bond acceptors (Lipinski definition) is 3. The molecule has 98 valence electrons. The van der Waals surface area contributed by atoms with Crippen molar-refractivity contribution >= 4 is 11.6 Å². The largest absolute Gasteiger partial charge is 0.345 e. The Kier molecular flexibility index (Phi) is 4.10. The average molecular weight is 256 g/mol. The van der Waals surface area contributed by atoms with E-state index in [4.69, 9.17) is 5.73 Å². The summed E-state index contributed by atoms with van der Waals surface area (Å²) in [6, 6.07) is 6.90. The molecule has 0 aliphatic rings. The molecule has 5 heteroatoms. The van der Waals surface area contributed by atoms with Gasteiger partial charge < -0.3 is 16.0 Å². The van der Waals surface area contributed by atoms with Gasteiger partial charge >= 0.3 is 0 Å². The van der Waals surface area contributed by atoms with E-state index in [0.29, 0.717) is 12.1 Å². The van der Waals surface area contributed by atoms with Crippen LogP contribution in [0, 0.1) is 0 Å². The number of amides is 1. The number of rotatable bonds is 5. The first-order valence-electron chi connectivity index (χ1n) is 5.97. The molecule has 0 radical (unpaired) electrons. The van der Waals surface area contributed by atoms with E-state index in [2.05, 4.69) is 21.9 Å². The summed E-state index contributed by atoms with van der Waals surface area (Å²) in [6.45, 7) is 3.56. The number of carbonyl (C=O) groups is 1. The van der Waals surface area contributed by atoms with E-state index < -0.39 is 6.04 Å². The predicted molar refractivity (Wildman–Crippen MR) is 75.4 cm³/mol. The van der Waals surface area contributed by atoms with E-state index in [9.17, 15) is 4.79 Å². The molecule has 2 aromatic rings. The van der Waals surface area contributed by atoms with Gasteiger partial charge in [0.15, 0.2) is 0 Å². The molecule has 4 N–H and O–H groups in total. The van der Waals surface area contributed by atoms with E-state index in [-0.39, 0.29) is 5.91 Å². The molecular formula is C14H16N4O. The zero-order chi connectivity index (χ0) is 13.7. The molecule has 5 nitrogen and oxygen atoms in total. The number of H-pyrrole nitrogens is 1. The maximum Gasteiger partial charge on any atom is 0.241 e. The molecule has 2 rings (SSSR count). The molecule has 1 aromatic heterocycles. The molecule has 0 saturated heterocycles. The van der Waals surface area contributed by atoms with Crippen LogP contribution < -0.4 is 11.1 Å². The average Bonchev–Trinajstić information content (AvgIpc) is 2.94. The summed E-state index contributed by atoms with van der Waals surface area (Å²) in [7, 11) is 0. The number of nitrogens with two attached hydrogens (primary N) is 1. The summed E-state index contributed by atoms with van der Waals surface area (Å²) in [4.78, 5) is 18.7. The molecule has 1 amide bonds. The maximum absolute atomic E-state index is 11.7. The standard InChI is InChI=1S/C14H16N4O/c1-2-3-12(15)14(19)18-11-6-4-10(5-7-11)13-8-16-9-17-13/h2,4-9,12H,1,3,15H2,(H,16,17)(H,18,19). The number of aromatic nitrogens is 2. The fourth-order valence-corrected chi connectivity index (χ4v) is 1.67. The van der Waals surface area contributed by atoms with Crippen LogP contribution in [-0.4, -0.2) is 21.9 Å². The van der Waals surface area contributed by atoms with Crippen LogP contribution in [0.1, 0.15) is 6.42 Å². The summed E-state index contributed by atoms with van der Waals surface area (Å²) in [5.74, 6) is -0.214. The van der Waals surface area contributed by atoms with Gasteiger partial charge in [-0.05, 0) is 24.1 Å². The molecule has 0 saturated carbocycles. The first kappa shape index (κ1) is 13.0. The number of carbonyl (C=O) groups excluding carboxylic acids is 1. The van der Waals surface area contributed by atoms with Crippen LogP contribution in [0.4, 0.5) is 5.69 Å². The molecule has 0 bridgehead atoms. The molecule has 1 heterocycles. The van der Waals surface area contributed by atoms with Crippen molar-refractivity contribution in [3.63, 3.8) is 0 Å². The van der Waals surface area contributed by atoms with Crippen molar-refractivity contribution in [3.05, 3.63) is 49.4 Å². The first-order valence-corrected chi connectivity index (χ1v) is 5.97. The smallest absolute Gasteiger partial charge is 0.241 e. The Balaban J connectivity index is 2.03. The highest BCUT2D eigenvalue weighted by Gasteiger charge is 2.11. The van der Waals surface area contributed by atoms with Crippen molar-refractivity contribution in [1.82, 2.24) is 9.97 Å². The molecular weight excluding hydrogens is 240 g/mol. The molecule has 1 unspecified atom stereocenters. The summed E-state index contributed by atoms with van der Waals surface area (Å²) in [5, 5.41) is 2.76. The molecule has 0 aliphatic carbocycles. The second-order valence-electron chi connectivity index (χ2n) is 4.16. The minimum atomic E-state index is -0.565. The Morgan fingerprint density at radius 2 is 2.21 bits per heavy atom. The lowest BCUT2D eigenvalue weighted by atomic mass is 10.1. The minimum Gasteiger partial charge on any atom is -0.345 e. The van der Waals surface area contributed by atoms with E-state index in [1.54, 1.807) is 18.6 Å². The number of nitrogens with zero attached hydrogens (tertiary/aromatic N) is 1. The Bertz CT molecular complexity index is 545. The summed E-state index contributed by atoms with van der Waals surface area (Å²) < 4.78 is 0. The van der Waals surface area contributed by atoms with Crippen molar-refractivity contribution in [3.8, 4) is 11.3 Å². The molecule has 1 atom stereocenters. The number of benzene rings is 1. The SMILES string of the molecule is C=CCC(N)C(=O)Nc1ccc(-c2cnc[nH]2)cc1. The van der Waals surface area contributed by atoms with Gasteiger partial charge in [0, 0.05) is 5.69 Å². The minimum absolute atomic E-state index is 0.214. The van der Waals surface area contributed by atoms with Crippen molar-refractivity contribution in [2.24, 2.45) is 5.73 Å². The van der Waals surface area contributed by atoms with Crippen molar-refractivity contribution in [2.45, 2.75) is 12.5 Å². The van der Waals surface area contributed by atoms with E-state index in [1.807, 2.05) is 24.3 Å². The number of imidazole rings is 1. The van der Waals surface area contributed by atoms with Crippen LogP contribution in [0.2, 0.25) is 0 Å². The van der Waals surface area contributed by atoms with Crippen LogP contribution in [0.3, 0.4) is 0 Å². The number of nitrogens with one attached hydrogen (secondary N) is 2. The van der Waals surface area contributed by atoms with Crippen LogP contribution in [0.15, 0.2) is 49.4 Å². The van der Waals surface area contributed by atoms with Gasteiger partial charge in [0.25, 0.3) is 0 Å². The van der Waals surface area contributed by atoms with E-state index in [0.717, 1.165) is 11.3 Å². The summed E-state index contributed by atoms with van der Waals surface area (Å²) in [6.07, 6.45) is 5.45. The van der Waals surface area contributed by atoms with Gasteiger partial charge in [0.1, 0.15) is 0 Å². The maximum atomic E-state index is 11.7. The van der Waals surface area contributed by atoms with Gasteiger partial charge in [-0.2, -0.15) is 0 Å². The topological polar surface area (TPSA) is 83.8 Å². The predicted octanol–water partition coefficient (Wildman–Crippen LogP) is 1.92. The van der Waals surface area contributed by atoms with Gasteiger partial charge in [-0.1, -0.05) is 18.2 Å². The lowest BCUT2D eigenvalue weighted by Crippen LogP contribution is -2.35. The fraction of sp³-hybridized carbons (Fsp3) is 0.143. The number of hydrogen-bond donors (Lipinski definition) is 3. The van der Waals surface area contributed by atoms with Crippen molar-refractivity contribution in [1.29, 1.82) is 0 Å². The summed E-state index contributed by atoms with van der Waals surface area (Å²) in [5.41, 5.74) is 8.34. The van der Waals surface area contributed by atoms with Gasteiger partial charge in [-0.3, -0.25) is 4.79 Å². The van der Waals surface area contributed by atoms with Crippen molar-refractivity contribution in [2.75, 3.05) is 5.32 Å². The lowest BCUT2D eigenvalue weighted by Gasteiger charge is -2.10. The van der Waals surface area contributed by atoms with Crippen LogP contribution in [0.25, 0.3) is 11.3 Å². The first-order chi connectivity index (χ1) is 9.20. The lowest BCUT2D eigenvalue weighted by molar-refractivity contribution is -0.117. The Morgan fingerprint density at radius 3 is 2.79 bits per heavy atom. The third-order valence-corrected chi connectivity index (χ3v) is 2.72. The summed E-state index contributed by atoms with van der Waals surface area (Å²) >= 11 is 0. The third-order valence-electron chi connectivity index (χ3n) is 2.72. The monoisotopic (exact) mass is 256 g/mol. The molecule has 19 heavy (non-hydrogen) atoms. The Morgan fingerprint density at radius 1 is 1.47 bits per heavy atom. The van der Waals surface area contributed by atoms with Gasteiger partial charge in [-0.25, -0.2) is 4.98 Å². The zero-order valence-electron chi connectivity index (χ0n) is 10.5. The Hall–Kier alpha value is -2.40. The zero-order valence-corrected chi connectivity index (χ0v) is 10.5. The highest BCUT2D eigenvalue weighted by molar-refractivity contribution is 5.94. The second kappa shape index (κ2) is 5.97. The number of aromatic amines is 1. The van der Waals surface area contributed by atoms with E-state index >= 15 is 0 Å². The highest BCUT2D eigenvalue weighted by atomic mass is 16.2. The van der Waals surface area contributed by atoms with E-state index in [1.165, 1.54) is 0 Å². The molecule has 0 fully saturated rings. The fourth-order valence-electron chi connectivity index (χ4n) is 1.67. The third kappa shape index (κ3) is 3.29. The van der Waals surface area contributed by atoms with Crippen LogP contribution >= 0.6 is 0 Å². The molecule has 1 aromatic carbocycles.